The molecular weight excluding hydrogens is 300 g/mol. The van der Waals surface area contributed by atoms with Gasteiger partial charge in [0.25, 0.3) is 0 Å². The molecule has 2 rings (SSSR count). The van der Waals surface area contributed by atoms with Crippen molar-refractivity contribution >= 4 is 27.8 Å². The Bertz CT molecular complexity index is 609. The fourth-order valence-corrected chi connectivity index (χ4v) is 5.14. The fraction of sp³-hybridized carbons (Fsp3) is 0.583. The number of nitrogens with zero attached hydrogens (tertiary/aromatic N) is 2. The molecule has 2 heterocycles. The molecule has 1 atom stereocenters. The van der Waals surface area contributed by atoms with Gasteiger partial charge in [-0.15, -0.1) is 0 Å². The van der Waals surface area contributed by atoms with Crippen LogP contribution in [0.3, 0.4) is 0 Å². The molecule has 1 N–H and O–H groups in total. The lowest BCUT2D eigenvalue weighted by atomic mass is 10.3. The Hall–Kier alpha value is -0.990. The lowest BCUT2D eigenvalue weighted by Gasteiger charge is -2.30. The first-order chi connectivity index (χ1) is 9.36. The third kappa shape index (κ3) is 2.87. The monoisotopic (exact) mass is 318 g/mol. The quantitative estimate of drug-likeness (QED) is 0.903. The fourth-order valence-electron chi connectivity index (χ4n) is 2.19. The molecule has 0 radical (unpaired) electrons. The summed E-state index contributed by atoms with van der Waals surface area (Å²) in [7, 11) is -2.07. The maximum Gasteiger partial charge on any atom is 0.352 e. The molecule has 1 aromatic heterocycles. The van der Waals surface area contributed by atoms with Crippen molar-refractivity contribution in [3.05, 3.63) is 18.0 Å². The molecule has 20 heavy (non-hydrogen) atoms. The number of thioether (sulfide) groups is 1. The lowest BCUT2D eigenvalue weighted by molar-refractivity contribution is 0.0686. The zero-order valence-corrected chi connectivity index (χ0v) is 13.1. The molecule has 1 saturated heterocycles. The Morgan fingerprint density at radius 3 is 2.80 bits per heavy atom. The minimum Gasteiger partial charge on any atom is -0.477 e. The maximum absolute atomic E-state index is 12.5. The summed E-state index contributed by atoms with van der Waals surface area (Å²) in [5.74, 6) is -0.356. The number of carboxylic acid groups (broad SMARTS) is 1. The number of hydrogen-bond acceptors (Lipinski definition) is 4. The Morgan fingerprint density at radius 1 is 1.55 bits per heavy atom. The SMILES string of the molecule is CCC1CN(S(=O)(=O)c2cc(C(=O)O)n(C)c2)CCS1. The summed E-state index contributed by atoms with van der Waals surface area (Å²) >= 11 is 1.79. The van der Waals surface area contributed by atoms with Gasteiger partial charge in [-0.3, -0.25) is 0 Å². The molecule has 6 nitrogen and oxygen atoms in total. The van der Waals surface area contributed by atoms with Crippen LogP contribution in [0, 0.1) is 0 Å². The van der Waals surface area contributed by atoms with E-state index in [1.165, 1.54) is 28.2 Å². The maximum atomic E-state index is 12.5. The van der Waals surface area contributed by atoms with Crippen LogP contribution in [-0.4, -0.2) is 52.5 Å². The molecule has 0 bridgehead atoms. The van der Waals surface area contributed by atoms with Crippen molar-refractivity contribution in [2.45, 2.75) is 23.5 Å². The number of aromatic carboxylic acids is 1. The highest BCUT2D eigenvalue weighted by atomic mass is 32.2. The van der Waals surface area contributed by atoms with Crippen molar-refractivity contribution < 1.29 is 18.3 Å². The smallest absolute Gasteiger partial charge is 0.352 e. The number of hydrogen-bond donors (Lipinski definition) is 1. The van der Waals surface area contributed by atoms with E-state index in [0.717, 1.165) is 12.2 Å². The average molecular weight is 318 g/mol. The van der Waals surface area contributed by atoms with E-state index < -0.39 is 16.0 Å². The van der Waals surface area contributed by atoms with Gasteiger partial charge in [-0.25, -0.2) is 13.2 Å². The second-order valence-corrected chi connectivity index (χ2v) is 8.09. The molecule has 1 aliphatic rings. The normalized spacial score (nSPS) is 21.0. The second kappa shape index (κ2) is 5.79. The molecule has 1 fully saturated rings. The van der Waals surface area contributed by atoms with Crippen LogP contribution in [0.15, 0.2) is 17.2 Å². The van der Waals surface area contributed by atoms with Crippen LogP contribution in [-0.2, 0) is 17.1 Å². The molecular formula is C12H18N2O4S2. The Kier molecular flexibility index (Phi) is 4.46. The summed E-state index contributed by atoms with van der Waals surface area (Å²) < 4.78 is 27.9. The van der Waals surface area contributed by atoms with E-state index in [1.54, 1.807) is 11.8 Å². The predicted molar refractivity (Wildman–Crippen MR) is 77.7 cm³/mol. The van der Waals surface area contributed by atoms with Crippen molar-refractivity contribution in [3.63, 3.8) is 0 Å². The average Bonchev–Trinajstić information content (AvgIpc) is 2.82. The third-order valence-electron chi connectivity index (χ3n) is 3.39. The number of aryl methyl sites for hydroxylation is 1. The van der Waals surface area contributed by atoms with Gasteiger partial charge in [0.1, 0.15) is 10.6 Å². The summed E-state index contributed by atoms with van der Waals surface area (Å²) in [6.45, 7) is 3.00. The van der Waals surface area contributed by atoms with Crippen LogP contribution in [0.1, 0.15) is 23.8 Å². The zero-order valence-electron chi connectivity index (χ0n) is 11.4. The first-order valence-electron chi connectivity index (χ1n) is 6.37. The number of sulfonamides is 1. The number of rotatable bonds is 4. The van der Waals surface area contributed by atoms with Gasteiger partial charge in [0, 0.05) is 37.3 Å². The van der Waals surface area contributed by atoms with Crippen molar-refractivity contribution in [2.75, 3.05) is 18.8 Å². The van der Waals surface area contributed by atoms with E-state index in [4.69, 9.17) is 5.11 Å². The lowest BCUT2D eigenvalue weighted by Crippen LogP contribution is -2.41. The number of carboxylic acids is 1. The first-order valence-corrected chi connectivity index (χ1v) is 8.86. The summed E-state index contributed by atoms with van der Waals surface area (Å²) in [4.78, 5) is 11.1. The second-order valence-electron chi connectivity index (χ2n) is 4.74. The standard InChI is InChI=1S/C12H18N2O4S2/c1-3-9-7-14(4-5-19-9)20(17,18)10-6-11(12(15)16)13(2)8-10/h6,8-9H,3-5,7H2,1-2H3,(H,15,16). The molecule has 8 heteroatoms. The third-order valence-corrected chi connectivity index (χ3v) is 6.60. The Labute approximate surface area is 122 Å². The molecule has 1 aliphatic heterocycles. The Morgan fingerprint density at radius 2 is 2.25 bits per heavy atom. The highest BCUT2D eigenvalue weighted by Crippen LogP contribution is 2.26. The van der Waals surface area contributed by atoms with Gasteiger partial charge in [0.15, 0.2) is 0 Å². The van der Waals surface area contributed by atoms with Crippen LogP contribution < -0.4 is 0 Å². The molecule has 1 unspecified atom stereocenters. The van der Waals surface area contributed by atoms with Gasteiger partial charge in [0.05, 0.1) is 0 Å². The molecule has 1 aromatic rings. The van der Waals surface area contributed by atoms with Gasteiger partial charge in [0.2, 0.25) is 10.0 Å². The van der Waals surface area contributed by atoms with Crippen LogP contribution in [0.5, 0.6) is 0 Å². The summed E-state index contributed by atoms with van der Waals surface area (Å²) in [5, 5.41) is 9.31. The van der Waals surface area contributed by atoms with Crippen LogP contribution in [0.4, 0.5) is 0 Å². The van der Waals surface area contributed by atoms with Crippen molar-refractivity contribution in [1.82, 2.24) is 8.87 Å². The molecule has 0 aromatic carbocycles. The van der Waals surface area contributed by atoms with Gasteiger partial charge >= 0.3 is 5.97 Å². The van der Waals surface area contributed by atoms with E-state index in [-0.39, 0.29) is 10.6 Å². The van der Waals surface area contributed by atoms with Crippen molar-refractivity contribution in [1.29, 1.82) is 0 Å². The van der Waals surface area contributed by atoms with E-state index in [0.29, 0.717) is 18.3 Å². The van der Waals surface area contributed by atoms with Gasteiger partial charge in [-0.1, -0.05) is 6.92 Å². The van der Waals surface area contributed by atoms with Crippen molar-refractivity contribution in [2.24, 2.45) is 7.05 Å². The van der Waals surface area contributed by atoms with Crippen LogP contribution in [0.25, 0.3) is 0 Å². The molecule has 112 valence electrons. The zero-order chi connectivity index (χ0) is 14.9. The highest BCUT2D eigenvalue weighted by Gasteiger charge is 2.31. The predicted octanol–water partition coefficient (Wildman–Crippen LogP) is 1.24. The summed E-state index contributed by atoms with van der Waals surface area (Å²) in [6.07, 6.45) is 2.29. The van der Waals surface area contributed by atoms with E-state index in [2.05, 4.69) is 0 Å². The molecule has 0 spiro atoms. The van der Waals surface area contributed by atoms with Gasteiger partial charge in [-0.05, 0) is 12.5 Å². The highest BCUT2D eigenvalue weighted by molar-refractivity contribution is 8.00. The molecule has 0 saturated carbocycles. The van der Waals surface area contributed by atoms with Gasteiger partial charge in [-0.2, -0.15) is 16.1 Å². The molecule has 0 aliphatic carbocycles. The van der Waals surface area contributed by atoms with Gasteiger partial charge < -0.3 is 9.67 Å². The van der Waals surface area contributed by atoms with E-state index in [1.807, 2.05) is 6.92 Å². The topological polar surface area (TPSA) is 79.6 Å². The van der Waals surface area contributed by atoms with Crippen LogP contribution in [0.2, 0.25) is 0 Å². The first kappa shape index (κ1) is 15.4. The van der Waals surface area contributed by atoms with E-state index >= 15 is 0 Å². The minimum absolute atomic E-state index is 0.0259. The molecule has 0 amide bonds. The summed E-state index contributed by atoms with van der Waals surface area (Å²) in [6, 6.07) is 1.22. The Balaban J connectivity index is 2.30. The van der Waals surface area contributed by atoms with Crippen molar-refractivity contribution in [3.8, 4) is 0 Å². The van der Waals surface area contributed by atoms with E-state index in [9.17, 15) is 13.2 Å². The van der Waals surface area contributed by atoms with Crippen LogP contribution >= 0.6 is 11.8 Å². The number of aromatic nitrogens is 1. The summed E-state index contributed by atoms with van der Waals surface area (Å²) in [5.41, 5.74) is -0.0259. The minimum atomic E-state index is -3.60. The number of carbonyl (C=O) groups is 1. The largest absolute Gasteiger partial charge is 0.477 e.